The summed E-state index contributed by atoms with van der Waals surface area (Å²) in [4.78, 5) is 11.0. The normalized spacial score (nSPS) is 17.6. The van der Waals surface area contributed by atoms with E-state index in [1.54, 1.807) is 43.5 Å². The summed E-state index contributed by atoms with van der Waals surface area (Å²) >= 11 is 0. The van der Waals surface area contributed by atoms with E-state index in [2.05, 4.69) is 45.0 Å². The maximum absolute atomic E-state index is 11.0. The van der Waals surface area contributed by atoms with Crippen molar-refractivity contribution >= 4 is 17.8 Å². The first kappa shape index (κ1) is 21.6. The zero-order valence-corrected chi connectivity index (χ0v) is 18.2. The van der Waals surface area contributed by atoms with Gasteiger partial charge in [0.1, 0.15) is 11.5 Å². The molecule has 0 aromatic heterocycles. The lowest BCUT2D eigenvalue weighted by Crippen LogP contribution is -2.34. The predicted octanol–water partition coefficient (Wildman–Crippen LogP) is 5.63. The molecule has 3 rings (SSSR count). The van der Waals surface area contributed by atoms with Gasteiger partial charge in [0.05, 0.1) is 12.7 Å². The van der Waals surface area contributed by atoms with Gasteiger partial charge in [-0.1, -0.05) is 51.1 Å². The predicted molar refractivity (Wildman–Crippen MR) is 119 cm³/mol. The minimum absolute atomic E-state index is 0.0167. The molecule has 0 fully saturated rings. The smallest absolute Gasteiger partial charge is 0.335 e. The van der Waals surface area contributed by atoms with E-state index in [1.165, 1.54) is 11.1 Å². The molecule has 30 heavy (non-hydrogen) atoms. The molecule has 0 spiro atoms. The molecule has 0 bridgehead atoms. The second-order valence-corrected chi connectivity index (χ2v) is 9.11. The molecule has 0 amide bonds. The van der Waals surface area contributed by atoms with E-state index in [0.29, 0.717) is 11.5 Å². The number of carbonyl (C=O) groups is 1. The highest BCUT2D eigenvalue weighted by Gasteiger charge is 2.38. The van der Waals surface area contributed by atoms with Gasteiger partial charge in [-0.2, -0.15) is 0 Å². The fourth-order valence-corrected chi connectivity index (χ4v) is 4.05. The van der Waals surface area contributed by atoms with Crippen molar-refractivity contribution in [2.45, 2.75) is 51.4 Å². The second-order valence-electron chi connectivity index (χ2n) is 9.11. The highest BCUT2D eigenvalue weighted by Crippen LogP contribution is 2.47. The van der Waals surface area contributed by atoms with Crippen LogP contribution >= 0.6 is 0 Å². The second kappa shape index (κ2) is 7.98. The number of methoxy groups -OCH3 is 1. The zero-order valence-electron chi connectivity index (χ0n) is 18.2. The molecule has 158 valence electrons. The van der Waals surface area contributed by atoms with Crippen molar-refractivity contribution in [1.82, 2.24) is 0 Å². The lowest BCUT2D eigenvalue weighted by molar-refractivity contribution is 0.0697. The van der Waals surface area contributed by atoms with Crippen LogP contribution in [-0.2, 0) is 10.8 Å². The summed E-state index contributed by atoms with van der Waals surface area (Å²) < 4.78 is 5.66. The molecule has 0 radical (unpaired) electrons. The summed E-state index contributed by atoms with van der Waals surface area (Å²) in [5.74, 6) is -0.300. The number of hydrogen-bond donors (Lipinski definition) is 2. The van der Waals surface area contributed by atoms with Crippen LogP contribution in [0, 0.1) is 0 Å². The number of oxime groups is 1. The number of allylic oxidation sites excluding steroid dienone is 1. The molecule has 1 aliphatic carbocycles. The number of carboxylic acid groups (broad SMARTS) is 1. The van der Waals surface area contributed by atoms with E-state index in [0.717, 1.165) is 24.0 Å². The van der Waals surface area contributed by atoms with E-state index < -0.39 is 5.97 Å². The molecule has 5 nitrogen and oxygen atoms in total. The SMILES string of the molecule is COc1cc2c(cc1C(/C=C/c1ccc(C(=O)O)cc1)=N\O)C(C)(C)CCC2(C)C. The number of aromatic carboxylic acids is 1. The van der Waals surface area contributed by atoms with Crippen LogP contribution in [0.15, 0.2) is 47.6 Å². The maximum Gasteiger partial charge on any atom is 0.335 e. The molecule has 0 atom stereocenters. The Morgan fingerprint density at radius 3 is 2.10 bits per heavy atom. The third-order valence-corrected chi connectivity index (χ3v) is 6.15. The minimum atomic E-state index is -0.965. The van der Waals surface area contributed by atoms with Gasteiger partial charge in [-0.15, -0.1) is 0 Å². The van der Waals surface area contributed by atoms with Gasteiger partial charge in [0.25, 0.3) is 0 Å². The number of carboxylic acids is 1. The van der Waals surface area contributed by atoms with E-state index in [1.807, 2.05) is 0 Å². The number of fused-ring (bicyclic) bond motifs is 1. The van der Waals surface area contributed by atoms with Crippen molar-refractivity contribution in [3.8, 4) is 5.75 Å². The van der Waals surface area contributed by atoms with Crippen molar-refractivity contribution in [2.75, 3.05) is 7.11 Å². The van der Waals surface area contributed by atoms with E-state index in [9.17, 15) is 10.0 Å². The molecule has 0 aliphatic heterocycles. The largest absolute Gasteiger partial charge is 0.496 e. The van der Waals surface area contributed by atoms with Crippen molar-refractivity contribution in [3.05, 3.63) is 70.3 Å². The Morgan fingerprint density at radius 1 is 1.03 bits per heavy atom. The third kappa shape index (κ3) is 4.11. The summed E-state index contributed by atoms with van der Waals surface area (Å²) in [6, 6.07) is 10.7. The average Bonchev–Trinajstić information content (AvgIpc) is 2.72. The van der Waals surface area contributed by atoms with E-state index >= 15 is 0 Å². The summed E-state index contributed by atoms with van der Waals surface area (Å²) in [5.41, 5.74) is 4.72. The number of rotatable bonds is 5. The summed E-state index contributed by atoms with van der Waals surface area (Å²) in [7, 11) is 1.62. The number of ether oxygens (including phenoxy) is 1. The fraction of sp³-hybridized carbons (Fsp3) is 0.360. The number of benzene rings is 2. The molecule has 0 saturated carbocycles. The summed E-state index contributed by atoms with van der Waals surface area (Å²) in [6.45, 7) is 8.99. The summed E-state index contributed by atoms with van der Waals surface area (Å²) in [6.07, 6.45) is 5.68. The van der Waals surface area contributed by atoms with Crippen molar-refractivity contribution in [2.24, 2.45) is 5.16 Å². The van der Waals surface area contributed by atoms with Gasteiger partial charge >= 0.3 is 5.97 Å². The molecule has 0 heterocycles. The van der Waals surface area contributed by atoms with Crippen LogP contribution in [0.3, 0.4) is 0 Å². The first-order valence-corrected chi connectivity index (χ1v) is 10.1. The van der Waals surface area contributed by atoms with E-state index in [4.69, 9.17) is 9.84 Å². The third-order valence-electron chi connectivity index (χ3n) is 6.15. The quantitative estimate of drug-likeness (QED) is 0.382. The maximum atomic E-state index is 11.0. The van der Waals surface area contributed by atoms with Gasteiger partial charge in [0.15, 0.2) is 0 Å². The van der Waals surface area contributed by atoms with Gasteiger partial charge in [-0.05, 0) is 70.7 Å². The topological polar surface area (TPSA) is 79.1 Å². The van der Waals surface area contributed by atoms with Crippen molar-refractivity contribution < 1.29 is 19.8 Å². The van der Waals surface area contributed by atoms with E-state index in [-0.39, 0.29) is 16.4 Å². The molecule has 0 unspecified atom stereocenters. The Labute approximate surface area is 177 Å². The zero-order chi connectivity index (χ0) is 22.1. The van der Waals surface area contributed by atoms with Gasteiger partial charge in [-0.3, -0.25) is 0 Å². The molecule has 2 N–H and O–H groups in total. The first-order chi connectivity index (χ1) is 14.1. The van der Waals surface area contributed by atoms with Crippen LogP contribution in [0.2, 0.25) is 0 Å². The number of nitrogens with zero attached hydrogens (tertiary/aromatic N) is 1. The molecule has 5 heteroatoms. The Morgan fingerprint density at radius 2 is 1.60 bits per heavy atom. The lowest BCUT2D eigenvalue weighted by Gasteiger charge is -2.42. The highest BCUT2D eigenvalue weighted by atomic mass is 16.5. The Kier molecular flexibility index (Phi) is 5.75. The Balaban J connectivity index is 2.03. The van der Waals surface area contributed by atoms with Crippen LogP contribution in [-0.4, -0.2) is 29.1 Å². The minimum Gasteiger partial charge on any atom is -0.496 e. The Bertz CT molecular complexity index is 1010. The molecule has 2 aromatic carbocycles. The highest BCUT2D eigenvalue weighted by molar-refractivity contribution is 6.12. The monoisotopic (exact) mass is 407 g/mol. The first-order valence-electron chi connectivity index (χ1n) is 10.1. The molecule has 1 aliphatic rings. The average molecular weight is 408 g/mol. The van der Waals surface area contributed by atoms with Crippen LogP contribution in [0.4, 0.5) is 0 Å². The van der Waals surface area contributed by atoms with Crippen molar-refractivity contribution in [1.29, 1.82) is 0 Å². The van der Waals surface area contributed by atoms with Crippen LogP contribution in [0.5, 0.6) is 5.75 Å². The Hall–Kier alpha value is -3.08. The molecular weight excluding hydrogens is 378 g/mol. The molecular formula is C25H29NO4. The lowest BCUT2D eigenvalue weighted by atomic mass is 9.63. The van der Waals surface area contributed by atoms with Gasteiger partial charge in [0, 0.05) is 5.56 Å². The van der Waals surface area contributed by atoms with Crippen LogP contribution < -0.4 is 4.74 Å². The molecule has 2 aromatic rings. The standard InChI is InChI=1S/C25H29NO4/c1-24(2)12-13-25(3,4)20-15-22(30-5)18(14-19(20)24)21(26-29)11-8-16-6-9-17(10-7-16)23(27)28/h6-11,14-15,29H,12-13H2,1-5H3,(H,27,28)/b11-8+,26-21-. The summed E-state index contributed by atoms with van der Waals surface area (Å²) in [5, 5.41) is 22.3. The van der Waals surface area contributed by atoms with Crippen LogP contribution in [0.25, 0.3) is 6.08 Å². The fourth-order valence-electron chi connectivity index (χ4n) is 4.05. The van der Waals surface area contributed by atoms with Crippen LogP contribution in [0.1, 0.15) is 73.1 Å². The van der Waals surface area contributed by atoms with Gasteiger partial charge in [-0.25, -0.2) is 4.79 Å². The molecule has 0 saturated heterocycles. The number of hydrogen-bond acceptors (Lipinski definition) is 4. The van der Waals surface area contributed by atoms with Gasteiger partial charge < -0.3 is 15.1 Å². The van der Waals surface area contributed by atoms with Crippen molar-refractivity contribution in [3.63, 3.8) is 0 Å². The van der Waals surface area contributed by atoms with Gasteiger partial charge in [0.2, 0.25) is 0 Å².